The van der Waals surface area contributed by atoms with Crippen molar-refractivity contribution in [2.75, 3.05) is 6.26 Å². The summed E-state index contributed by atoms with van der Waals surface area (Å²) < 4.78 is 0. The van der Waals surface area contributed by atoms with Gasteiger partial charge in [0.25, 0.3) is 0 Å². The van der Waals surface area contributed by atoms with Crippen LogP contribution in [0, 0.1) is 0 Å². The van der Waals surface area contributed by atoms with Gasteiger partial charge in [0.05, 0.1) is 5.69 Å². The van der Waals surface area contributed by atoms with E-state index < -0.39 is 14.7 Å². The first-order valence-corrected chi connectivity index (χ1v) is 16.8. The standard InChI is InChI=1S/C22H29NOS.3ClH.Ti/c1-21(2,3)16-12-15(20(24)17(13-16)22(4,5)6)14-23-18-10-8-9-11-19(18)25-7;;;;/h8-14,24H,1-7H3;3*1H;/q;;;;+4/p-4. The second-order valence-electron chi connectivity index (χ2n) is 8.59. The zero-order valence-corrected chi connectivity index (χ0v) is 22.6. The van der Waals surface area contributed by atoms with Crippen LogP contribution < -0.4 is 5.11 Å². The number of hydrogen-bond donors (Lipinski definition) is 0. The van der Waals surface area contributed by atoms with E-state index >= 15 is 0 Å². The van der Waals surface area contributed by atoms with Gasteiger partial charge in [-0.2, -0.15) is 0 Å². The van der Waals surface area contributed by atoms with Gasteiger partial charge in [0.2, 0.25) is 0 Å². The van der Waals surface area contributed by atoms with Gasteiger partial charge in [0.1, 0.15) is 0 Å². The predicted molar refractivity (Wildman–Crippen MR) is 126 cm³/mol. The molecule has 0 heterocycles. The zero-order chi connectivity index (χ0) is 22.4. The average Bonchev–Trinajstić information content (AvgIpc) is 2.58. The van der Waals surface area contributed by atoms with Gasteiger partial charge in [0, 0.05) is 11.1 Å². The molecule has 0 aliphatic carbocycles. The maximum atomic E-state index is 13.0. The quantitative estimate of drug-likeness (QED) is 0.240. The molecule has 158 valence electrons. The number of hydrogen-bond acceptors (Lipinski definition) is 3. The number of aliphatic imine (C=N–C) groups is 1. The van der Waals surface area contributed by atoms with Gasteiger partial charge in [-0.25, -0.2) is 0 Å². The van der Waals surface area contributed by atoms with Gasteiger partial charge < -0.3 is 5.11 Å². The van der Waals surface area contributed by atoms with Gasteiger partial charge in [0.15, 0.2) is 0 Å². The van der Waals surface area contributed by atoms with Crippen LogP contribution in [0.25, 0.3) is 0 Å². The van der Waals surface area contributed by atoms with Crippen molar-refractivity contribution in [3.63, 3.8) is 0 Å². The van der Waals surface area contributed by atoms with Gasteiger partial charge >= 0.3 is 42.6 Å². The molecule has 0 fully saturated rings. The Hall–Kier alpha value is -0.156. The van der Waals surface area contributed by atoms with Crippen molar-refractivity contribution in [1.29, 1.82) is 0 Å². The Morgan fingerprint density at radius 2 is 1.52 bits per heavy atom. The van der Waals surface area contributed by atoms with E-state index in [2.05, 4.69) is 52.6 Å². The molecule has 2 nitrogen and oxygen atoms in total. The van der Waals surface area contributed by atoms with Crippen LogP contribution in [0.5, 0.6) is 5.75 Å². The van der Waals surface area contributed by atoms with Crippen LogP contribution in [-0.4, -0.2) is 12.5 Å². The fourth-order valence-corrected chi connectivity index (χ4v) is 3.16. The fourth-order valence-electron chi connectivity index (χ4n) is 2.61. The van der Waals surface area contributed by atoms with Gasteiger partial charge in [-0.1, -0.05) is 71.6 Å². The molecule has 0 aromatic heterocycles. The predicted octanol–water partition coefficient (Wildman–Crippen LogP) is 7.89. The number of rotatable bonds is 3. The zero-order valence-electron chi connectivity index (χ0n) is 17.9. The third-order valence-electron chi connectivity index (χ3n) is 4.22. The van der Waals surface area contributed by atoms with Crippen LogP contribution in [0.15, 0.2) is 46.3 Å². The first-order valence-electron chi connectivity index (χ1n) is 9.14. The molecule has 29 heavy (non-hydrogen) atoms. The monoisotopic (exact) mass is 507 g/mol. The van der Waals surface area contributed by atoms with Crippen LogP contribution >= 0.6 is 39.7 Å². The topological polar surface area (TPSA) is 35.4 Å². The Bertz CT molecular complexity index is 840. The molecule has 2 rings (SSSR count). The molecule has 0 radical (unpaired) electrons. The van der Waals surface area contributed by atoms with Crippen molar-refractivity contribution < 1.29 is 19.8 Å². The van der Waals surface area contributed by atoms with Crippen LogP contribution in [0.4, 0.5) is 5.69 Å². The van der Waals surface area contributed by atoms with Crippen LogP contribution in [0.1, 0.15) is 58.2 Å². The summed E-state index contributed by atoms with van der Waals surface area (Å²) in [5.41, 5.74) is 3.35. The van der Waals surface area contributed by atoms with Gasteiger partial charge in [-0.3, -0.25) is 4.99 Å². The van der Waals surface area contributed by atoms with E-state index in [9.17, 15) is 5.11 Å². The molecule has 2 aromatic carbocycles. The van der Waals surface area contributed by atoms with E-state index in [0.29, 0.717) is 5.56 Å². The Labute approximate surface area is 197 Å². The molecule has 0 aliphatic rings. The van der Waals surface area contributed by atoms with Crippen LogP contribution in [-0.2, 0) is 25.5 Å². The second-order valence-corrected chi connectivity index (χ2v) is 17.2. The summed E-state index contributed by atoms with van der Waals surface area (Å²) in [6.45, 7) is 12.8. The fraction of sp³-hybridized carbons (Fsp3) is 0.409. The minimum absolute atomic E-state index is 0.0204. The summed E-state index contributed by atoms with van der Waals surface area (Å²) in [5, 5.41) is 13.0. The molecule has 0 aliphatic heterocycles. The number of benzene rings is 2. The molecule has 0 bridgehead atoms. The number of para-hydroxylation sites is 1. The second kappa shape index (κ2) is 11.5. The number of halogens is 3. The molecule has 0 saturated heterocycles. The molecule has 2 aromatic rings. The van der Waals surface area contributed by atoms with E-state index in [1.165, 1.54) is 0 Å². The summed E-state index contributed by atoms with van der Waals surface area (Å²) >= 11 is -0.259. The summed E-state index contributed by atoms with van der Waals surface area (Å²) in [5.74, 6) is 0.0749. The van der Waals surface area contributed by atoms with Crippen molar-refractivity contribution in [1.82, 2.24) is 0 Å². The van der Waals surface area contributed by atoms with E-state index in [4.69, 9.17) is 27.9 Å². The molecule has 0 saturated carbocycles. The SMILES string of the molecule is CSc1ccccc1N=Cc1cc(C(C)(C)C)cc(C(C)(C)C)c1[O-].[Cl][Ti+]([Cl])[Cl]. The van der Waals surface area contributed by atoms with Crippen LogP contribution in [0.3, 0.4) is 0 Å². The van der Waals surface area contributed by atoms with Crippen molar-refractivity contribution >= 4 is 51.6 Å². The van der Waals surface area contributed by atoms with E-state index in [1.807, 2.05) is 36.6 Å². The third-order valence-corrected chi connectivity index (χ3v) is 5.00. The van der Waals surface area contributed by atoms with E-state index in [0.717, 1.165) is 21.7 Å². The normalized spacial score (nSPS) is 11.9. The summed E-state index contributed by atoms with van der Waals surface area (Å²) in [7, 11) is 14.9. The molecule has 0 atom stereocenters. The Morgan fingerprint density at radius 1 is 0.966 bits per heavy atom. The summed E-state index contributed by atoms with van der Waals surface area (Å²) in [6.07, 6.45) is 3.76. The van der Waals surface area contributed by atoms with E-state index in [-0.39, 0.29) is 16.6 Å². The summed E-state index contributed by atoms with van der Waals surface area (Å²) in [6, 6.07) is 12.0. The first-order chi connectivity index (χ1) is 13.3. The van der Waals surface area contributed by atoms with Crippen LogP contribution in [0.2, 0.25) is 0 Å². The Morgan fingerprint density at radius 3 is 2.00 bits per heavy atom. The molecular weight excluding hydrogens is 481 g/mol. The van der Waals surface area contributed by atoms with Gasteiger partial charge in [-0.15, -0.1) is 11.8 Å². The maximum absolute atomic E-state index is 13.0. The van der Waals surface area contributed by atoms with Crippen molar-refractivity contribution in [2.45, 2.75) is 57.3 Å². The number of nitrogens with zero attached hydrogens (tertiary/aromatic N) is 1. The average molecular weight is 509 g/mol. The molecule has 0 spiro atoms. The molecule has 0 amide bonds. The van der Waals surface area contributed by atoms with E-state index in [1.54, 1.807) is 18.0 Å². The molecule has 7 heteroatoms. The number of thioether (sulfide) groups is 1. The third kappa shape index (κ3) is 8.85. The van der Waals surface area contributed by atoms with Crippen molar-refractivity contribution in [2.24, 2.45) is 4.99 Å². The Balaban J connectivity index is 0.000000960. The van der Waals surface area contributed by atoms with Gasteiger partial charge in [-0.05, 0) is 45.9 Å². The van der Waals surface area contributed by atoms with Crippen molar-refractivity contribution in [3.05, 3.63) is 53.1 Å². The molecule has 0 unspecified atom stereocenters. The molecular formula is C22H28Cl3NOSTi. The summed E-state index contributed by atoms with van der Waals surface area (Å²) in [4.78, 5) is 5.71. The van der Waals surface area contributed by atoms with Crippen molar-refractivity contribution in [3.8, 4) is 5.75 Å². The Kier molecular flexibility index (Phi) is 10.6. The minimum atomic E-state index is -1.92. The first kappa shape index (κ1) is 26.9. The molecule has 0 N–H and O–H groups in total.